The maximum Gasteiger partial charge on any atom is 0.0485 e. The first kappa shape index (κ1) is 9.32. The van der Waals surface area contributed by atoms with Crippen molar-refractivity contribution in [1.82, 2.24) is 4.57 Å². The molecule has 14 heavy (non-hydrogen) atoms. The van der Waals surface area contributed by atoms with Crippen molar-refractivity contribution in [2.45, 2.75) is 27.7 Å². The van der Waals surface area contributed by atoms with Gasteiger partial charge in [-0.25, -0.2) is 0 Å². The topological polar surface area (TPSA) is 4.93 Å². The lowest BCUT2D eigenvalue weighted by molar-refractivity contribution is 0.910. The van der Waals surface area contributed by atoms with Gasteiger partial charge in [-0.1, -0.05) is 6.07 Å². The summed E-state index contributed by atoms with van der Waals surface area (Å²) in [5.41, 5.74) is 6.94. The molecule has 2 aromatic rings. The maximum absolute atomic E-state index is 2.27. The predicted octanol–water partition coefficient (Wildman–Crippen LogP) is 3.41. The van der Waals surface area contributed by atoms with Gasteiger partial charge in [-0.15, -0.1) is 0 Å². The van der Waals surface area contributed by atoms with Gasteiger partial charge in [0.05, 0.1) is 0 Å². The highest BCUT2D eigenvalue weighted by atomic mass is 14.9. The number of rotatable bonds is 0. The number of aromatic nitrogens is 1. The van der Waals surface area contributed by atoms with Crippen LogP contribution in [0.15, 0.2) is 12.1 Å². The SMILES string of the molecule is Cc1ccc2c(c1C)c(C)c(C)n2C. The minimum absolute atomic E-state index is 1.35. The van der Waals surface area contributed by atoms with Gasteiger partial charge in [0.1, 0.15) is 0 Å². The molecule has 0 aliphatic heterocycles. The Morgan fingerprint density at radius 3 is 2.21 bits per heavy atom. The van der Waals surface area contributed by atoms with Gasteiger partial charge in [-0.3, -0.25) is 0 Å². The van der Waals surface area contributed by atoms with Gasteiger partial charge >= 0.3 is 0 Å². The number of benzene rings is 1. The molecule has 0 fully saturated rings. The molecule has 1 nitrogen and oxygen atoms in total. The van der Waals surface area contributed by atoms with Crippen LogP contribution in [0.1, 0.15) is 22.4 Å². The molecular formula is C13H17N. The molecule has 2 rings (SSSR count). The predicted molar refractivity (Wildman–Crippen MR) is 61.9 cm³/mol. The minimum Gasteiger partial charge on any atom is -0.348 e. The fourth-order valence-electron chi connectivity index (χ4n) is 2.17. The molecule has 0 saturated heterocycles. The van der Waals surface area contributed by atoms with Crippen molar-refractivity contribution in [3.63, 3.8) is 0 Å². The Balaban J connectivity index is 3.03. The molecule has 0 saturated carbocycles. The molecule has 0 unspecified atom stereocenters. The molecule has 0 spiro atoms. The zero-order chi connectivity index (χ0) is 10.5. The minimum atomic E-state index is 1.35. The third kappa shape index (κ3) is 1.02. The molecule has 1 heterocycles. The van der Waals surface area contributed by atoms with Crippen LogP contribution in [0.4, 0.5) is 0 Å². The summed E-state index contributed by atoms with van der Waals surface area (Å²) < 4.78 is 2.27. The van der Waals surface area contributed by atoms with Crippen LogP contribution in [0.25, 0.3) is 10.9 Å². The van der Waals surface area contributed by atoms with Crippen molar-refractivity contribution in [2.24, 2.45) is 7.05 Å². The summed E-state index contributed by atoms with van der Waals surface area (Å²) in [6.45, 7) is 8.79. The number of aryl methyl sites for hydroxylation is 4. The lowest BCUT2D eigenvalue weighted by atomic mass is 10.0. The lowest BCUT2D eigenvalue weighted by Crippen LogP contribution is -1.90. The zero-order valence-electron chi connectivity index (χ0n) is 9.60. The smallest absolute Gasteiger partial charge is 0.0485 e. The number of nitrogens with zero attached hydrogens (tertiary/aromatic N) is 1. The monoisotopic (exact) mass is 187 g/mol. The molecule has 0 atom stereocenters. The van der Waals surface area contributed by atoms with E-state index in [1.807, 2.05) is 0 Å². The van der Waals surface area contributed by atoms with Gasteiger partial charge in [-0.2, -0.15) is 0 Å². The van der Waals surface area contributed by atoms with E-state index in [9.17, 15) is 0 Å². The van der Waals surface area contributed by atoms with Crippen molar-refractivity contribution in [3.05, 3.63) is 34.5 Å². The van der Waals surface area contributed by atoms with Gasteiger partial charge in [0.15, 0.2) is 0 Å². The lowest BCUT2D eigenvalue weighted by Gasteiger charge is -2.03. The highest BCUT2D eigenvalue weighted by molar-refractivity contribution is 5.89. The van der Waals surface area contributed by atoms with Crippen molar-refractivity contribution in [2.75, 3.05) is 0 Å². The van der Waals surface area contributed by atoms with Crippen molar-refractivity contribution in [3.8, 4) is 0 Å². The second-order valence-electron chi connectivity index (χ2n) is 4.17. The van der Waals surface area contributed by atoms with E-state index in [2.05, 4.69) is 51.4 Å². The molecule has 1 aromatic heterocycles. The first-order chi connectivity index (χ1) is 6.54. The highest BCUT2D eigenvalue weighted by Crippen LogP contribution is 2.28. The Morgan fingerprint density at radius 1 is 0.929 bits per heavy atom. The summed E-state index contributed by atoms with van der Waals surface area (Å²) in [7, 11) is 2.14. The number of hydrogen-bond acceptors (Lipinski definition) is 0. The van der Waals surface area contributed by atoms with Crippen LogP contribution in [0.2, 0.25) is 0 Å². The highest BCUT2D eigenvalue weighted by Gasteiger charge is 2.10. The Bertz CT molecular complexity index is 504. The Kier molecular flexibility index (Phi) is 1.91. The molecule has 0 aliphatic rings. The molecule has 0 radical (unpaired) electrons. The summed E-state index contributed by atoms with van der Waals surface area (Å²) in [5, 5.41) is 1.44. The quantitative estimate of drug-likeness (QED) is 0.595. The summed E-state index contributed by atoms with van der Waals surface area (Å²) in [5.74, 6) is 0. The Labute approximate surface area is 85.4 Å². The van der Waals surface area contributed by atoms with E-state index < -0.39 is 0 Å². The zero-order valence-corrected chi connectivity index (χ0v) is 9.60. The average Bonchev–Trinajstić information content (AvgIpc) is 2.38. The summed E-state index contributed by atoms with van der Waals surface area (Å²) in [6.07, 6.45) is 0. The van der Waals surface area contributed by atoms with E-state index in [0.29, 0.717) is 0 Å². The van der Waals surface area contributed by atoms with Crippen molar-refractivity contribution in [1.29, 1.82) is 0 Å². The molecular weight excluding hydrogens is 170 g/mol. The number of hydrogen-bond donors (Lipinski definition) is 0. The standard InChI is InChI=1S/C13H17N/c1-8-6-7-12-13(9(8)2)10(3)11(4)14(12)5/h6-7H,1-5H3. The van der Waals surface area contributed by atoms with Crippen LogP contribution in [-0.2, 0) is 7.05 Å². The third-order valence-electron chi connectivity index (χ3n) is 3.50. The second kappa shape index (κ2) is 2.88. The van der Waals surface area contributed by atoms with Gasteiger partial charge in [-0.05, 0) is 50.5 Å². The van der Waals surface area contributed by atoms with Gasteiger partial charge in [0.25, 0.3) is 0 Å². The molecule has 0 bridgehead atoms. The van der Waals surface area contributed by atoms with E-state index in [-0.39, 0.29) is 0 Å². The first-order valence-electron chi connectivity index (χ1n) is 5.06. The van der Waals surface area contributed by atoms with Gasteiger partial charge in [0.2, 0.25) is 0 Å². The van der Waals surface area contributed by atoms with E-state index in [1.54, 1.807) is 0 Å². The molecule has 1 aromatic carbocycles. The fraction of sp³-hybridized carbons (Fsp3) is 0.385. The molecule has 74 valence electrons. The van der Waals surface area contributed by atoms with Crippen LogP contribution in [-0.4, -0.2) is 4.57 Å². The largest absolute Gasteiger partial charge is 0.348 e. The Hall–Kier alpha value is -1.24. The second-order valence-corrected chi connectivity index (χ2v) is 4.17. The van der Waals surface area contributed by atoms with E-state index in [1.165, 1.54) is 33.3 Å². The molecule has 0 aliphatic carbocycles. The summed E-state index contributed by atoms with van der Waals surface area (Å²) in [6, 6.07) is 4.42. The van der Waals surface area contributed by atoms with Crippen LogP contribution in [0.5, 0.6) is 0 Å². The van der Waals surface area contributed by atoms with Crippen LogP contribution < -0.4 is 0 Å². The van der Waals surface area contributed by atoms with Crippen LogP contribution >= 0.6 is 0 Å². The number of fused-ring (bicyclic) bond motifs is 1. The first-order valence-corrected chi connectivity index (χ1v) is 5.06. The van der Waals surface area contributed by atoms with Crippen LogP contribution in [0.3, 0.4) is 0 Å². The Morgan fingerprint density at radius 2 is 1.57 bits per heavy atom. The average molecular weight is 187 g/mol. The van der Waals surface area contributed by atoms with Crippen molar-refractivity contribution >= 4 is 10.9 Å². The van der Waals surface area contributed by atoms with Gasteiger partial charge < -0.3 is 4.57 Å². The van der Waals surface area contributed by atoms with E-state index >= 15 is 0 Å². The van der Waals surface area contributed by atoms with Crippen LogP contribution in [0, 0.1) is 27.7 Å². The molecule has 0 N–H and O–H groups in total. The van der Waals surface area contributed by atoms with E-state index in [4.69, 9.17) is 0 Å². The van der Waals surface area contributed by atoms with Crippen molar-refractivity contribution < 1.29 is 0 Å². The summed E-state index contributed by atoms with van der Waals surface area (Å²) >= 11 is 0. The fourth-order valence-corrected chi connectivity index (χ4v) is 2.17. The molecule has 0 amide bonds. The third-order valence-corrected chi connectivity index (χ3v) is 3.50. The van der Waals surface area contributed by atoms with Gasteiger partial charge in [0, 0.05) is 23.6 Å². The summed E-state index contributed by atoms with van der Waals surface area (Å²) in [4.78, 5) is 0. The normalized spacial score (nSPS) is 11.2. The molecule has 1 heteroatoms. The van der Waals surface area contributed by atoms with E-state index in [0.717, 1.165) is 0 Å². The maximum atomic E-state index is 2.27.